The number of allylic oxidation sites excluding steroid dienone is 5. The minimum atomic E-state index is 0.0268. The second kappa shape index (κ2) is 10.1. The average Bonchev–Trinajstić information content (AvgIpc) is 3.33. The predicted molar refractivity (Wildman–Crippen MR) is 150 cm³/mol. The van der Waals surface area contributed by atoms with Crippen molar-refractivity contribution in [2.45, 2.75) is 58.9 Å². The second-order valence-corrected chi connectivity index (χ2v) is 11.4. The molecule has 0 amide bonds. The summed E-state index contributed by atoms with van der Waals surface area (Å²) in [4.78, 5) is 18.1. The highest BCUT2D eigenvalue weighted by Gasteiger charge is 2.23. The van der Waals surface area contributed by atoms with Gasteiger partial charge in [-0.15, -0.1) is 0 Å². The van der Waals surface area contributed by atoms with Crippen LogP contribution >= 0.6 is 0 Å². The molecule has 0 fully saturated rings. The van der Waals surface area contributed by atoms with Crippen LogP contribution in [0.4, 0.5) is 0 Å². The first-order chi connectivity index (χ1) is 17.0. The van der Waals surface area contributed by atoms with Crippen LogP contribution in [0.1, 0.15) is 74.3 Å². The molecule has 0 atom stereocenters. The van der Waals surface area contributed by atoms with E-state index in [-0.39, 0.29) is 16.6 Å². The monoisotopic (exact) mass is 476 g/mol. The van der Waals surface area contributed by atoms with Crippen molar-refractivity contribution in [2.75, 3.05) is 0 Å². The van der Waals surface area contributed by atoms with Crippen LogP contribution in [0.5, 0.6) is 0 Å². The SMILES string of the molecule is CC(C)(C)c1ccc(C(=O)C2=CC=CC2=C(NCc2ccccn2)c2ccc(C(C)(C)C)cc2)cc1. The summed E-state index contributed by atoms with van der Waals surface area (Å²) in [6.45, 7) is 13.7. The fourth-order valence-electron chi connectivity index (χ4n) is 4.28. The largest absolute Gasteiger partial charge is 0.378 e. The number of carbonyl (C=O) groups excluding carboxylic acids is 1. The minimum Gasteiger partial charge on any atom is -0.378 e. The van der Waals surface area contributed by atoms with Gasteiger partial charge in [0.2, 0.25) is 0 Å². The van der Waals surface area contributed by atoms with Crippen LogP contribution in [-0.4, -0.2) is 10.8 Å². The van der Waals surface area contributed by atoms with Crippen molar-refractivity contribution in [3.8, 4) is 0 Å². The van der Waals surface area contributed by atoms with Gasteiger partial charge < -0.3 is 5.32 Å². The Morgan fingerprint density at radius 1 is 0.778 bits per heavy atom. The summed E-state index contributed by atoms with van der Waals surface area (Å²) in [6.07, 6.45) is 7.70. The number of aromatic nitrogens is 1. The zero-order valence-electron chi connectivity index (χ0n) is 22.2. The Balaban J connectivity index is 1.71. The zero-order chi connectivity index (χ0) is 25.9. The first kappa shape index (κ1) is 25.4. The number of pyridine rings is 1. The van der Waals surface area contributed by atoms with Gasteiger partial charge in [0.25, 0.3) is 0 Å². The van der Waals surface area contributed by atoms with Gasteiger partial charge in [-0.3, -0.25) is 9.78 Å². The lowest BCUT2D eigenvalue weighted by Crippen LogP contribution is -2.17. The molecule has 0 unspecified atom stereocenters. The molecule has 0 saturated carbocycles. The van der Waals surface area contributed by atoms with E-state index < -0.39 is 0 Å². The van der Waals surface area contributed by atoms with Crippen molar-refractivity contribution < 1.29 is 4.79 Å². The summed E-state index contributed by atoms with van der Waals surface area (Å²) < 4.78 is 0. The van der Waals surface area contributed by atoms with Gasteiger partial charge >= 0.3 is 0 Å². The molecule has 1 aliphatic carbocycles. The van der Waals surface area contributed by atoms with Gasteiger partial charge in [0.15, 0.2) is 5.78 Å². The Labute approximate surface area is 215 Å². The summed E-state index contributed by atoms with van der Waals surface area (Å²) in [5, 5.41) is 3.59. The molecular formula is C33H36N2O. The molecule has 1 aromatic heterocycles. The molecule has 0 aliphatic heterocycles. The zero-order valence-corrected chi connectivity index (χ0v) is 22.2. The van der Waals surface area contributed by atoms with Crippen LogP contribution in [0, 0.1) is 0 Å². The van der Waals surface area contributed by atoms with Gasteiger partial charge in [-0.2, -0.15) is 0 Å². The van der Waals surface area contributed by atoms with Crippen molar-refractivity contribution in [3.05, 3.63) is 130 Å². The molecule has 4 rings (SSSR count). The van der Waals surface area contributed by atoms with E-state index in [1.54, 1.807) is 6.20 Å². The highest BCUT2D eigenvalue weighted by Crippen LogP contribution is 2.32. The quantitative estimate of drug-likeness (QED) is 0.373. The number of benzene rings is 2. The maximum absolute atomic E-state index is 13.6. The minimum absolute atomic E-state index is 0.0268. The third kappa shape index (κ3) is 5.73. The second-order valence-electron chi connectivity index (χ2n) is 11.4. The number of nitrogens with one attached hydrogen (secondary N) is 1. The maximum Gasteiger partial charge on any atom is 0.193 e. The fourth-order valence-corrected chi connectivity index (χ4v) is 4.28. The molecule has 1 N–H and O–H groups in total. The van der Waals surface area contributed by atoms with Gasteiger partial charge in [0.1, 0.15) is 0 Å². The molecule has 3 heteroatoms. The number of hydrogen-bond donors (Lipinski definition) is 1. The number of nitrogens with zero attached hydrogens (tertiary/aromatic N) is 1. The molecule has 3 nitrogen and oxygen atoms in total. The highest BCUT2D eigenvalue weighted by atomic mass is 16.1. The first-order valence-corrected chi connectivity index (χ1v) is 12.6. The summed E-state index contributed by atoms with van der Waals surface area (Å²) in [6, 6.07) is 22.5. The smallest absolute Gasteiger partial charge is 0.193 e. The lowest BCUT2D eigenvalue weighted by molar-refractivity contribution is 0.103. The van der Waals surface area contributed by atoms with Crippen LogP contribution < -0.4 is 5.32 Å². The lowest BCUT2D eigenvalue weighted by Gasteiger charge is -2.21. The van der Waals surface area contributed by atoms with E-state index in [0.717, 1.165) is 22.5 Å². The van der Waals surface area contributed by atoms with E-state index in [0.29, 0.717) is 17.7 Å². The summed E-state index contributed by atoms with van der Waals surface area (Å²) in [5.74, 6) is 0.0268. The van der Waals surface area contributed by atoms with E-state index in [1.807, 2.05) is 48.6 Å². The molecule has 0 spiro atoms. The Bertz CT molecular complexity index is 1310. The lowest BCUT2D eigenvalue weighted by atomic mass is 9.85. The molecular weight excluding hydrogens is 440 g/mol. The van der Waals surface area contributed by atoms with Crippen LogP contribution in [0.3, 0.4) is 0 Å². The van der Waals surface area contributed by atoms with Crippen LogP contribution in [-0.2, 0) is 17.4 Å². The average molecular weight is 477 g/mol. The molecule has 0 saturated heterocycles. The number of ketones is 1. The maximum atomic E-state index is 13.6. The third-order valence-corrected chi connectivity index (χ3v) is 6.56. The third-order valence-electron chi connectivity index (χ3n) is 6.56. The molecule has 0 radical (unpaired) electrons. The number of hydrogen-bond acceptors (Lipinski definition) is 3. The van der Waals surface area contributed by atoms with Gasteiger partial charge in [0.05, 0.1) is 12.2 Å². The first-order valence-electron chi connectivity index (χ1n) is 12.6. The van der Waals surface area contributed by atoms with Crippen molar-refractivity contribution >= 4 is 11.5 Å². The van der Waals surface area contributed by atoms with Gasteiger partial charge in [-0.1, -0.05) is 114 Å². The van der Waals surface area contributed by atoms with E-state index in [4.69, 9.17) is 0 Å². The van der Waals surface area contributed by atoms with Crippen molar-refractivity contribution in [1.82, 2.24) is 10.3 Å². The number of rotatable bonds is 6. The Hall–Kier alpha value is -3.72. The van der Waals surface area contributed by atoms with E-state index in [1.165, 1.54) is 11.1 Å². The van der Waals surface area contributed by atoms with E-state index in [2.05, 4.69) is 88.2 Å². The Kier molecular flexibility index (Phi) is 7.12. The molecule has 3 aromatic rings. The number of carbonyl (C=O) groups is 1. The van der Waals surface area contributed by atoms with Crippen LogP contribution in [0.15, 0.2) is 102 Å². The van der Waals surface area contributed by atoms with E-state index >= 15 is 0 Å². The summed E-state index contributed by atoms with van der Waals surface area (Å²) in [7, 11) is 0. The van der Waals surface area contributed by atoms with Crippen molar-refractivity contribution in [2.24, 2.45) is 0 Å². The fraction of sp³-hybridized carbons (Fsp3) is 0.273. The topological polar surface area (TPSA) is 42.0 Å². The predicted octanol–water partition coefficient (Wildman–Crippen LogP) is 7.56. The van der Waals surface area contributed by atoms with Crippen LogP contribution in [0.25, 0.3) is 5.70 Å². The van der Waals surface area contributed by atoms with E-state index in [9.17, 15) is 4.79 Å². The van der Waals surface area contributed by atoms with Crippen LogP contribution in [0.2, 0.25) is 0 Å². The molecule has 1 aliphatic rings. The molecule has 184 valence electrons. The summed E-state index contributed by atoms with van der Waals surface area (Å²) in [5.41, 5.74) is 7.81. The standard InChI is InChI=1S/C33H36N2O/c1-32(2,3)25-17-13-23(14-18-25)30(35-22-27-10-7-8-21-34-27)28-11-9-12-29(28)31(36)24-15-19-26(20-16-24)33(4,5)6/h7-21,35H,22H2,1-6H3. The molecule has 0 bridgehead atoms. The van der Waals surface area contributed by atoms with Gasteiger partial charge in [0, 0.05) is 28.6 Å². The Morgan fingerprint density at radius 3 is 1.89 bits per heavy atom. The highest BCUT2D eigenvalue weighted by molar-refractivity contribution is 6.14. The van der Waals surface area contributed by atoms with Gasteiger partial charge in [-0.05, 0) is 39.7 Å². The van der Waals surface area contributed by atoms with Gasteiger partial charge in [-0.25, -0.2) is 0 Å². The van der Waals surface area contributed by atoms with Crippen molar-refractivity contribution in [1.29, 1.82) is 0 Å². The molecule has 1 heterocycles. The number of Topliss-reactive ketones (excluding diaryl/α,β-unsaturated/α-hetero) is 1. The normalized spacial score (nSPS) is 15.0. The Morgan fingerprint density at radius 2 is 1.36 bits per heavy atom. The molecule has 2 aromatic carbocycles. The molecule has 36 heavy (non-hydrogen) atoms. The van der Waals surface area contributed by atoms with Crippen molar-refractivity contribution in [3.63, 3.8) is 0 Å². The summed E-state index contributed by atoms with van der Waals surface area (Å²) >= 11 is 0.